The predicted octanol–water partition coefficient (Wildman–Crippen LogP) is 3.69. The van der Waals surface area contributed by atoms with Crippen molar-refractivity contribution in [3.05, 3.63) is 69.7 Å². The highest BCUT2D eigenvalue weighted by atomic mass is 32.1. The van der Waals surface area contributed by atoms with E-state index >= 15 is 0 Å². The van der Waals surface area contributed by atoms with E-state index in [-0.39, 0.29) is 5.91 Å². The van der Waals surface area contributed by atoms with Crippen molar-refractivity contribution in [1.82, 2.24) is 10.3 Å². The van der Waals surface area contributed by atoms with Gasteiger partial charge in [-0.1, -0.05) is 30.3 Å². The summed E-state index contributed by atoms with van der Waals surface area (Å²) in [5, 5.41) is 3.74. The van der Waals surface area contributed by atoms with Gasteiger partial charge in [0.1, 0.15) is 5.01 Å². The Bertz CT molecular complexity index is 916. The minimum atomic E-state index is -0.237. The van der Waals surface area contributed by atoms with Gasteiger partial charge < -0.3 is 19.5 Å². The van der Waals surface area contributed by atoms with Gasteiger partial charge in [0.15, 0.2) is 11.5 Å². The molecule has 1 aromatic heterocycles. The molecule has 1 heterocycles. The molecule has 1 N–H and O–H groups in total. The number of benzene rings is 2. The molecule has 0 unspecified atom stereocenters. The molecule has 0 spiro atoms. The van der Waals surface area contributed by atoms with Gasteiger partial charge in [0.05, 0.1) is 27.9 Å². The van der Waals surface area contributed by atoms with Crippen LogP contribution in [0, 0.1) is 0 Å². The summed E-state index contributed by atoms with van der Waals surface area (Å²) >= 11 is 1.59. The molecule has 6 nitrogen and oxygen atoms in total. The van der Waals surface area contributed by atoms with Crippen molar-refractivity contribution < 1.29 is 19.0 Å². The first kappa shape index (κ1) is 19.7. The van der Waals surface area contributed by atoms with E-state index < -0.39 is 0 Å². The van der Waals surface area contributed by atoms with Crippen LogP contribution >= 0.6 is 11.3 Å². The Morgan fingerprint density at radius 3 is 2.32 bits per heavy atom. The van der Waals surface area contributed by atoms with Gasteiger partial charge in [-0.3, -0.25) is 4.79 Å². The lowest BCUT2D eigenvalue weighted by molar-refractivity contribution is 0.0950. The zero-order valence-electron chi connectivity index (χ0n) is 16.0. The van der Waals surface area contributed by atoms with Gasteiger partial charge in [-0.05, 0) is 17.7 Å². The molecular weight excluding hydrogens is 376 g/mol. The van der Waals surface area contributed by atoms with Gasteiger partial charge in [0.25, 0.3) is 5.91 Å². The number of hydrogen-bond donors (Lipinski definition) is 1. The fraction of sp³-hybridized carbons (Fsp3) is 0.238. The summed E-state index contributed by atoms with van der Waals surface area (Å²) in [7, 11) is 4.56. The van der Waals surface area contributed by atoms with Crippen LogP contribution < -0.4 is 19.5 Å². The SMILES string of the molecule is COc1cc(C(=O)NCc2ncc(Cc3ccccc3)s2)cc(OC)c1OC. The first-order valence-corrected chi connectivity index (χ1v) is 9.52. The van der Waals surface area contributed by atoms with Crippen LogP contribution in [0.4, 0.5) is 0 Å². The Balaban J connectivity index is 1.66. The summed E-state index contributed by atoms with van der Waals surface area (Å²) in [4.78, 5) is 18.1. The largest absolute Gasteiger partial charge is 0.493 e. The number of thiazole rings is 1. The molecule has 28 heavy (non-hydrogen) atoms. The van der Waals surface area contributed by atoms with Crippen LogP contribution in [0.1, 0.15) is 25.8 Å². The van der Waals surface area contributed by atoms with Gasteiger partial charge in [-0.15, -0.1) is 11.3 Å². The Morgan fingerprint density at radius 1 is 1.04 bits per heavy atom. The maximum Gasteiger partial charge on any atom is 0.251 e. The lowest BCUT2D eigenvalue weighted by Crippen LogP contribution is -2.22. The van der Waals surface area contributed by atoms with Gasteiger partial charge >= 0.3 is 0 Å². The Labute approximate surface area is 168 Å². The second kappa shape index (κ2) is 9.23. The van der Waals surface area contributed by atoms with Crippen molar-refractivity contribution in [3.8, 4) is 17.2 Å². The number of carbonyl (C=O) groups is 1. The normalized spacial score (nSPS) is 10.4. The number of nitrogens with zero attached hydrogens (tertiary/aromatic N) is 1. The maximum atomic E-state index is 12.6. The molecule has 0 radical (unpaired) electrons. The van der Waals surface area contributed by atoms with Gasteiger partial charge in [0, 0.05) is 23.1 Å². The second-order valence-electron chi connectivity index (χ2n) is 5.98. The number of amides is 1. The zero-order chi connectivity index (χ0) is 19.9. The number of nitrogens with one attached hydrogen (secondary N) is 1. The first-order valence-electron chi connectivity index (χ1n) is 8.70. The molecule has 2 aromatic carbocycles. The number of carbonyl (C=O) groups excluding carboxylic acids is 1. The van der Waals surface area contributed by atoms with E-state index in [1.165, 1.54) is 26.9 Å². The standard InChI is InChI=1S/C21H22N2O4S/c1-25-17-10-15(11-18(26-2)20(17)27-3)21(24)23-13-19-22-12-16(28-19)9-14-7-5-4-6-8-14/h4-8,10-12H,9,13H2,1-3H3,(H,23,24). The molecule has 7 heteroatoms. The van der Waals surface area contributed by atoms with Crippen molar-refractivity contribution in [3.63, 3.8) is 0 Å². The molecule has 0 saturated heterocycles. The zero-order valence-corrected chi connectivity index (χ0v) is 16.8. The summed E-state index contributed by atoms with van der Waals surface area (Å²) in [5.74, 6) is 1.09. The highest BCUT2D eigenvalue weighted by Gasteiger charge is 2.17. The average Bonchev–Trinajstić information content (AvgIpc) is 3.18. The highest BCUT2D eigenvalue weighted by Crippen LogP contribution is 2.38. The second-order valence-corrected chi connectivity index (χ2v) is 7.18. The van der Waals surface area contributed by atoms with Crippen LogP contribution in [-0.4, -0.2) is 32.2 Å². The number of aromatic nitrogens is 1. The van der Waals surface area contributed by atoms with Crippen molar-refractivity contribution in [2.75, 3.05) is 21.3 Å². The molecule has 0 aliphatic heterocycles. The van der Waals surface area contributed by atoms with Gasteiger partial charge in [-0.2, -0.15) is 0 Å². The number of rotatable bonds is 8. The Kier molecular flexibility index (Phi) is 6.49. The van der Waals surface area contributed by atoms with Crippen molar-refractivity contribution >= 4 is 17.2 Å². The van der Waals surface area contributed by atoms with Crippen LogP contribution in [0.5, 0.6) is 17.2 Å². The third-order valence-corrected chi connectivity index (χ3v) is 5.15. The van der Waals surface area contributed by atoms with Crippen LogP contribution in [0.3, 0.4) is 0 Å². The van der Waals surface area contributed by atoms with Crippen molar-refractivity contribution in [2.45, 2.75) is 13.0 Å². The summed E-state index contributed by atoms with van der Waals surface area (Å²) in [5.41, 5.74) is 1.66. The molecule has 0 saturated carbocycles. The lowest BCUT2D eigenvalue weighted by atomic mass is 10.1. The third kappa shape index (κ3) is 4.61. The monoisotopic (exact) mass is 398 g/mol. The molecule has 3 rings (SSSR count). The molecule has 0 bridgehead atoms. The van der Waals surface area contributed by atoms with E-state index in [0.717, 1.165) is 16.3 Å². The molecular formula is C21H22N2O4S. The number of methoxy groups -OCH3 is 3. The predicted molar refractivity (Wildman–Crippen MR) is 109 cm³/mol. The van der Waals surface area contributed by atoms with E-state index in [0.29, 0.717) is 29.4 Å². The quantitative estimate of drug-likeness (QED) is 0.627. The smallest absolute Gasteiger partial charge is 0.251 e. The van der Waals surface area contributed by atoms with Crippen LogP contribution in [0.25, 0.3) is 0 Å². The molecule has 0 atom stereocenters. The molecule has 0 aliphatic carbocycles. The molecule has 3 aromatic rings. The van der Waals surface area contributed by atoms with E-state index in [2.05, 4.69) is 22.4 Å². The fourth-order valence-electron chi connectivity index (χ4n) is 2.78. The van der Waals surface area contributed by atoms with Crippen molar-refractivity contribution in [1.29, 1.82) is 0 Å². The van der Waals surface area contributed by atoms with Gasteiger partial charge in [0.2, 0.25) is 5.75 Å². The van der Waals surface area contributed by atoms with E-state index in [9.17, 15) is 4.79 Å². The third-order valence-electron chi connectivity index (χ3n) is 4.15. The van der Waals surface area contributed by atoms with E-state index in [1.807, 2.05) is 24.4 Å². The first-order chi connectivity index (χ1) is 13.6. The van der Waals surface area contributed by atoms with Crippen molar-refractivity contribution in [2.24, 2.45) is 0 Å². The average molecular weight is 398 g/mol. The Morgan fingerprint density at radius 2 is 1.71 bits per heavy atom. The summed E-state index contributed by atoms with van der Waals surface area (Å²) in [6.45, 7) is 0.356. The summed E-state index contributed by atoms with van der Waals surface area (Å²) in [6, 6.07) is 13.5. The number of ether oxygens (including phenoxy) is 3. The molecule has 0 fully saturated rings. The number of hydrogen-bond acceptors (Lipinski definition) is 6. The van der Waals surface area contributed by atoms with E-state index in [4.69, 9.17) is 14.2 Å². The summed E-state index contributed by atoms with van der Waals surface area (Å²) in [6.07, 6.45) is 2.69. The van der Waals surface area contributed by atoms with Crippen LogP contribution in [0.15, 0.2) is 48.7 Å². The molecule has 1 amide bonds. The van der Waals surface area contributed by atoms with Crippen LogP contribution in [0.2, 0.25) is 0 Å². The maximum absolute atomic E-state index is 12.6. The molecule has 146 valence electrons. The van der Waals surface area contributed by atoms with Crippen LogP contribution in [-0.2, 0) is 13.0 Å². The minimum Gasteiger partial charge on any atom is -0.493 e. The minimum absolute atomic E-state index is 0.237. The topological polar surface area (TPSA) is 69.7 Å². The summed E-state index contributed by atoms with van der Waals surface area (Å²) < 4.78 is 15.9. The Hall–Kier alpha value is -3.06. The highest BCUT2D eigenvalue weighted by molar-refractivity contribution is 7.11. The molecule has 0 aliphatic rings. The fourth-order valence-corrected chi connectivity index (χ4v) is 3.68. The lowest BCUT2D eigenvalue weighted by Gasteiger charge is -2.13. The van der Waals surface area contributed by atoms with Gasteiger partial charge in [-0.25, -0.2) is 4.98 Å². The van der Waals surface area contributed by atoms with E-state index in [1.54, 1.807) is 23.5 Å².